The molecule has 1 aromatic carbocycles. The first-order valence-corrected chi connectivity index (χ1v) is 9.03. The molecule has 0 aliphatic carbocycles. The molecule has 144 valence electrons. The van der Waals surface area contributed by atoms with Crippen molar-refractivity contribution in [1.29, 1.82) is 0 Å². The van der Waals surface area contributed by atoms with Crippen LogP contribution >= 0.6 is 0 Å². The average molecular weight is 370 g/mol. The van der Waals surface area contributed by atoms with Gasteiger partial charge in [0.15, 0.2) is 0 Å². The van der Waals surface area contributed by atoms with Crippen LogP contribution < -0.4 is 5.32 Å². The number of hydrogen-bond acceptors (Lipinski definition) is 4. The van der Waals surface area contributed by atoms with E-state index in [-0.39, 0.29) is 18.0 Å². The van der Waals surface area contributed by atoms with Crippen LogP contribution in [0.2, 0.25) is 0 Å². The lowest BCUT2D eigenvalue weighted by molar-refractivity contribution is 0.00529. The van der Waals surface area contributed by atoms with E-state index in [9.17, 15) is 9.59 Å². The summed E-state index contributed by atoms with van der Waals surface area (Å²) in [5.41, 5.74) is 1.56. The fraction of sp³-hybridized carbons (Fsp3) is 0.450. The molecule has 7 heteroatoms. The number of nitrogens with zero attached hydrogens (tertiary/aromatic N) is 3. The van der Waals surface area contributed by atoms with Gasteiger partial charge in [-0.1, -0.05) is 30.3 Å². The zero-order valence-corrected chi connectivity index (χ0v) is 16.4. The zero-order chi connectivity index (χ0) is 19.8. The smallest absolute Gasteiger partial charge is 0.410 e. The van der Waals surface area contributed by atoms with E-state index in [4.69, 9.17) is 4.74 Å². The molecule has 1 saturated heterocycles. The van der Waals surface area contributed by atoms with Crippen molar-refractivity contribution in [3.63, 3.8) is 0 Å². The van der Waals surface area contributed by atoms with Crippen LogP contribution in [0.1, 0.15) is 37.1 Å². The second-order valence-electron chi connectivity index (χ2n) is 7.84. The second-order valence-corrected chi connectivity index (χ2v) is 7.84. The molecule has 0 atom stereocenters. The molecule has 1 fully saturated rings. The number of ether oxygens (including phenoxy) is 1. The number of imidazole rings is 1. The quantitative estimate of drug-likeness (QED) is 0.901. The number of rotatable bonds is 3. The number of aryl methyl sites for hydroxylation is 1. The topological polar surface area (TPSA) is 76.5 Å². The number of aromatic nitrogens is 2. The highest BCUT2D eigenvalue weighted by atomic mass is 16.6. The molecule has 1 aliphatic rings. The Bertz CT molecular complexity index is 846. The fourth-order valence-electron chi connectivity index (χ4n) is 2.97. The number of nitrogens with one attached hydrogen (secondary N) is 1. The van der Waals surface area contributed by atoms with E-state index in [1.165, 1.54) is 0 Å². The minimum Gasteiger partial charge on any atom is -0.444 e. The molecule has 0 bridgehead atoms. The molecular formula is C20H26N4O3. The van der Waals surface area contributed by atoms with Gasteiger partial charge in [-0.05, 0) is 27.7 Å². The monoisotopic (exact) mass is 370 g/mol. The van der Waals surface area contributed by atoms with Gasteiger partial charge in [0.1, 0.15) is 22.8 Å². The highest BCUT2D eigenvalue weighted by molar-refractivity contribution is 5.99. The van der Waals surface area contributed by atoms with Crippen molar-refractivity contribution in [3.8, 4) is 11.3 Å². The predicted octanol–water partition coefficient (Wildman–Crippen LogP) is 2.74. The summed E-state index contributed by atoms with van der Waals surface area (Å²) in [7, 11) is 1.83. The third-order valence-electron chi connectivity index (χ3n) is 4.45. The standard InChI is InChI=1S/C20H26N4O3/c1-13-21-16(14-9-7-6-8-10-14)17(23(13)5)18(25)22-15-11-24(12-15)19(26)27-20(2,3)4/h6-10,15H,11-12H2,1-5H3,(H,22,25). The first-order chi connectivity index (χ1) is 12.7. The molecule has 2 heterocycles. The van der Waals surface area contributed by atoms with E-state index in [2.05, 4.69) is 10.3 Å². The maximum absolute atomic E-state index is 12.9. The molecule has 0 unspecified atom stereocenters. The van der Waals surface area contributed by atoms with Crippen molar-refractivity contribution in [3.05, 3.63) is 41.9 Å². The Balaban J connectivity index is 1.68. The van der Waals surface area contributed by atoms with Crippen molar-refractivity contribution >= 4 is 12.0 Å². The molecule has 1 aromatic heterocycles. The van der Waals surface area contributed by atoms with Gasteiger partial charge in [-0.15, -0.1) is 0 Å². The Morgan fingerprint density at radius 1 is 1.19 bits per heavy atom. The van der Waals surface area contributed by atoms with Gasteiger partial charge in [-0.3, -0.25) is 4.79 Å². The lowest BCUT2D eigenvalue weighted by Gasteiger charge is -2.39. The van der Waals surface area contributed by atoms with Crippen LogP contribution in [0.25, 0.3) is 11.3 Å². The maximum Gasteiger partial charge on any atom is 0.410 e. The summed E-state index contributed by atoms with van der Waals surface area (Å²) in [6.45, 7) is 8.26. The van der Waals surface area contributed by atoms with Gasteiger partial charge in [0.05, 0.1) is 6.04 Å². The predicted molar refractivity (Wildman–Crippen MR) is 102 cm³/mol. The number of carbonyl (C=O) groups excluding carboxylic acids is 2. The maximum atomic E-state index is 12.9. The van der Waals surface area contributed by atoms with E-state index in [0.717, 1.165) is 11.4 Å². The number of amides is 2. The molecule has 7 nitrogen and oxygen atoms in total. The van der Waals surface area contributed by atoms with Gasteiger partial charge < -0.3 is 19.5 Å². The fourth-order valence-corrected chi connectivity index (χ4v) is 2.97. The van der Waals surface area contributed by atoms with E-state index < -0.39 is 5.60 Å². The summed E-state index contributed by atoms with van der Waals surface area (Å²) in [5.74, 6) is 0.578. The Labute approximate surface area is 159 Å². The number of hydrogen-bond donors (Lipinski definition) is 1. The third-order valence-corrected chi connectivity index (χ3v) is 4.45. The molecular weight excluding hydrogens is 344 g/mol. The van der Waals surface area contributed by atoms with Crippen LogP contribution in [0.5, 0.6) is 0 Å². The van der Waals surface area contributed by atoms with E-state index in [1.54, 1.807) is 9.47 Å². The van der Waals surface area contributed by atoms with Crippen molar-refractivity contribution in [2.24, 2.45) is 7.05 Å². The zero-order valence-electron chi connectivity index (χ0n) is 16.4. The van der Waals surface area contributed by atoms with Crippen LogP contribution in [0.4, 0.5) is 4.79 Å². The molecule has 1 aliphatic heterocycles. The lowest BCUT2D eigenvalue weighted by atomic mass is 10.1. The lowest BCUT2D eigenvalue weighted by Crippen LogP contribution is -2.61. The Morgan fingerprint density at radius 2 is 1.81 bits per heavy atom. The van der Waals surface area contributed by atoms with Crippen molar-refractivity contribution in [1.82, 2.24) is 19.8 Å². The molecule has 0 radical (unpaired) electrons. The normalized spacial score (nSPS) is 14.6. The van der Waals surface area contributed by atoms with Crippen molar-refractivity contribution in [2.75, 3.05) is 13.1 Å². The van der Waals surface area contributed by atoms with Gasteiger partial charge in [0.2, 0.25) is 0 Å². The van der Waals surface area contributed by atoms with Gasteiger partial charge in [-0.25, -0.2) is 9.78 Å². The van der Waals surface area contributed by atoms with Gasteiger partial charge in [-0.2, -0.15) is 0 Å². The van der Waals surface area contributed by atoms with Crippen LogP contribution in [0.15, 0.2) is 30.3 Å². The van der Waals surface area contributed by atoms with Crippen LogP contribution in [-0.2, 0) is 11.8 Å². The van der Waals surface area contributed by atoms with Crippen molar-refractivity contribution < 1.29 is 14.3 Å². The summed E-state index contributed by atoms with van der Waals surface area (Å²) in [6, 6.07) is 9.55. The minimum atomic E-state index is -0.526. The average Bonchev–Trinajstić information content (AvgIpc) is 2.85. The van der Waals surface area contributed by atoms with Crippen LogP contribution in [-0.4, -0.2) is 51.2 Å². The van der Waals surface area contributed by atoms with Gasteiger partial charge in [0.25, 0.3) is 5.91 Å². The molecule has 27 heavy (non-hydrogen) atoms. The third kappa shape index (κ3) is 4.13. The van der Waals surface area contributed by atoms with Crippen LogP contribution in [0.3, 0.4) is 0 Å². The molecule has 0 spiro atoms. The molecule has 2 amide bonds. The number of benzene rings is 1. The first-order valence-electron chi connectivity index (χ1n) is 9.03. The van der Waals surface area contributed by atoms with E-state index >= 15 is 0 Å². The number of carbonyl (C=O) groups is 2. The minimum absolute atomic E-state index is 0.0937. The highest BCUT2D eigenvalue weighted by Crippen LogP contribution is 2.24. The summed E-state index contributed by atoms with van der Waals surface area (Å²) < 4.78 is 7.13. The summed E-state index contributed by atoms with van der Waals surface area (Å²) in [6.07, 6.45) is -0.352. The molecule has 0 saturated carbocycles. The van der Waals surface area contributed by atoms with Crippen molar-refractivity contribution in [2.45, 2.75) is 39.3 Å². The van der Waals surface area contributed by atoms with E-state index in [0.29, 0.717) is 24.5 Å². The Hall–Kier alpha value is -2.83. The molecule has 2 aromatic rings. The Morgan fingerprint density at radius 3 is 2.41 bits per heavy atom. The highest BCUT2D eigenvalue weighted by Gasteiger charge is 2.35. The van der Waals surface area contributed by atoms with Gasteiger partial charge >= 0.3 is 6.09 Å². The van der Waals surface area contributed by atoms with Crippen LogP contribution in [0, 0.1) is 6.92 Å². The summed E-state index contributed by atoms with van der Waals surface area (Å²) >= 11 is 0. The SMILES string of the molecule is Cc1nc(-c2ccccc2)c(C(=O)NC2CN(C(=O)OC(C)(C)C)C2)n1C. The molecule has 1 N–H and O–H groups in total. The summed E-state index contributed by atoms with van der Waals surface area (Å²) in [4.78, 5) is 31.0. The summed E-state index contributed by atoms with van der Waals surface area (Å²) in [5, 5.41) is 3.00. The van der Waals surface area contributed by atoms with Gasteiger partial charge in [0, 0.05) is 25.7 Å². The van der Waals surface area contributed by atoms with E-state index in [1.807, 2.05) is 65.1 Å². The largest absolute Gasteiger partial charge is 0.444 e. The number of likely N-dealkylation sites (tertiary alicyclic amines) is 1. The second kappa shape index (κ2) is 7.06. The Kier molecular flexibility index (Phi) is 4.95. The first kappa shape index (κ1) is 18.9. The molecule has 3 rings (SSSR count).